The summed E-state index contributed by atoms with van der Waals surface area (Å²) in [5.41, 5.74) is 0.0838. The number of aromatic nitrogens is 1. The van der Waals surface area contributed by atoms with E-state index < -0.39 is 10.7 Å². The molecule has 2 aromatic rings. The number of nitrogens with one attached hydrogen (secondary N) is 1. The minimum Gasteiger partial charge on any atom is -0.339 e. The second-order valence-corrected chi connectivity index (χ2v) is 4.10. The number of benzene rings is 1. The molecule has 1 aromatic heterocycles. The van der Waals surface area contributed by atoms with E-state index in [4.69, 9.17) is 16.9 Å². The molecule has 0 radical (unpaired) electrons. The zero-order valence-electron chi connectivity index (χ0n) is 9.80. The van der Waals surface area contributed by atoms with E-state index in [0.717, 1.165) is 24.3 Å². The molecule has 0 aliphatic rings. The van der Waals surface area contributed by atoms with Gasteiger partial charge in [0, 0.05) is 0 Å². The molecule has 0 spiro atoms. The molecule has 1 aromatic carbocycles. The minimum atomic E-state index is -0.616. The van der Waals surface area contributed by atoms with Crippen molar-refractivity contribution in [1.29, 1.82) is 5.26 Å². The summed E-state index contributed by atoms with van der Waals surface area (Å²) in [4.78, 5) is 14.0. The molecule has 0 aliphatic heterocycles. The predicted molar refractivity (Wildman–Crippen MR) is 70.3 cm³/mol. The second-order valence-electron chi connectivity index (χ2n) is 3.72. The lowest BCUT2D eigenvalue weighted by molar-refractivity contribution is -0.384. The van der Waals surface area contributed by atoms with Crippen LogP contribution in [0.4, 0.5) is 21.6 Å². The van der Waals surface area contributed by atoms with Crippen LogP contribution in [0.25, 0.3) is 0 Å². The highest BCUT2D eigenvalue weighted by atomic mass is 35.5. The van der Waals surface area contributed by atoms with Gasteiger partial charge in [-0.15, -0.1) is 0 Å². The zero-order chi connectivity index (χ0) is 14.7. The van der Waals surface area contributed by atoms with Crippen LogP contribution in [0.3, 0.4) is 0 Å². The quantitative estimate of drug-likeness (QED) is 0.532. The van der Waals surface area contributed by atoms with Crippen molar-refractivity contribution >= 4 is 28.8 Å². The molecular formula is C12H6ClFN4O2. The Morgan fingerprint density at radius 3 is 2.80 bits per heavy atom. The number of rotatable bonds is 3. The van der Waals surface area contributed by atoms with Crippen LogP contribution < -0.4 is 5.32 Å². The standard InChI is InChI=1S/C12H6ClFN4O2/c13-11-4-9(18(19)20)5-12(17-11)16-10-2-1-8(14)3-7(10)6-15/h1-5H,(H,16,17). The van der Waals surface area contributed by atoms with Crippen LogP contribution in [0.1, 0.15) is 5.56 Å². The van der Waals surface area contributed by atoms with Crippen LogP contribution in [0.2, 0.25) is 5.15 Å². The summed E-state index contributed by atoms with van der Waals surface area (Å²) in [5, 5.41) is 22.3. The van der Waals surface area contributed by atoms with E-state index in [9.17, 15) is 14.5 Å². The average Bonchev–Trinajstić information content (AvgIpc) is 2.40. The third kappa shape index (κ3) is 2.99. The van der Waals surface area contributed by atoms with Crippen LogP contribution in [-0.4, -0.2) is 9.91 Å². The van der Waals surface area contributed by atoms with Crippen LogP contribution in [0.5, 0.6) is 0 Å². The first-order valence-corrected chi connectivity index (χ1v) is 5.66. The van der Waals surface area contributed by atoms with Gasteiger partial charge in [0.1, 0.15) is 22.9 Å². The maximum Gasteiger partial charge on any atom is 0.276 e. The summed E-state index contributed by atoms with van der Waals surface area (Å²) in [6.45, 7) is 0. The Labute approximate surface area is 117 Å². The lowest BCUT2D eigenvalue weighted by atomic mass is 10.2. The van der Waals surface area contributed by atoms with Crippen LogP contribution in [0, 0.1) is 27.3 Å². The van der Waals surface area contributed by atoms with Crippen molar-refractivity contribution in [3.05, 3.63) is 57.0 Å². The van der Waals surface area contributed by atoms with Gasteiger partial charge in [-0.3, -0.25) is 10.1 Å². The van der Waals surface area contributed by atoms with Crippen LogP contribution >= 0.6 is 11.6 Å². The molecule has 6 nitrogen and oxygen atoms in total. The lowest BCUT2D eigenvalue weighted by Gasteiger charge is -2.07. The summed E-state index contributed by atoms with van der Waals surface area (Å²) < 4.78 is 13.0. The topological polar surface area (TPSA) is 91.8 Å². The first-order valence-electron chi connectivity index (χ1n) is 5.28. The van der Waals surface area contributed by atoms with Gasteiger partial charge in [0.25, 0.3) is 5.69 Å². The molecule has 0 fully saturated rings. The summed E-state index contributed by atoms with van der Waals surface area (Å²) in [7, 11) is 0. The monoisotopic (exact) mass is 292 g/mol. The van der Waals surface area contributed by atoms with E-state index >= 15 is 0 Å². The van der Waals surface area contributed by atoms with Crippen molar-refractivity contribution in [2.75, 3.05) is 5.32 Å². The maximum atomic E-state index is 13.0. The molecule has 0 amide bonds. The number of anilines is 2. The van der Waals surface area contributed by atoms with Gasteiger partial charge in [-0.25, -0.2) is 9.37 Å². The highest BCUT2D eigenvalue weighted by Crippen LogP contribution is 2.25. The number of nitriles is 1. The van der Waals surface area contributed by atoms with Gasteiger partial charge in [-0.1, -0.05) is 11.6 Å². The van der Waals surface area contributed by atoms with E-state index in [0.29, 0.717) is 0 Å². The maximum absolute atomic E-state index is 13.0. The number of pyridine rings is 1. The molecule has 0 atom stereocenters. The Hall–Kier alpha value is -2.72. The highest BCUT2D eigenvalue weighted by Gasteiger charge is 2.12. The molecular weight excluding hydrogens is 287 g/mol. The molecule has 1 heterocycles. The van der Waals surface area contributed by atoms with Gasteiger partial charge in [0.05, 0.1) is 28.3 Å². The SMILES string of the molecule is N#Cc1cc(F)ccc1Nc1cc([N+](=O)[O-])cc(Cl)n1. The zero-order valence-corrected chi connectivity index (χ0v) is 10.6. The van der Waals surface area contributed by atoms with E-state index in [1.165, 1.54) is 6.07 Å². The first kappa shape index (κ1) is 13.7. The average molecular weight is 293 g/mol. The van der Waals surface area contributed by atoms with Gasteiger partial charge in [-0.05, 0) is 18.2 Å². The van der Waals surface area contributed by atoms with E-state index in [1.807, 2.05) is 6.07 Å². The van der Waals surface area contributed by atoms with Crippen molar-refractivity contribution in [1.82, 2.24) is 4.98 Å². The lowest BCUT2D eigenvalue weighted by Crippen LogP contribution is -1.98. The van der Waals surface area contributed by atoms with Crippen molar-refractivity contribution in [3.8, 4) is 6.07 Å². The third-order valence-electron chi connectivity index (χ3n) is 2.35. The number of nitrogens with zero attached hydrogens (tertiary/aromatic N) is 3. The molecule has 0 unspecified atom stereocenters. The molecule has 1 N–H and O–H groups in total. The van der Waals surface area contributed by atoms with Gasteiger partial charge in [0.15, 0.2) is 0 Å². The van der Waals surface area contributed by atoms with Gasteiger partial charge in [-0.2, -0.15) is 5.26 Å². The fourth-order valence-electron chi connectivity index (χ4n) is 1.51. The first-order chi connectivity index (χ1) is 9.49. The largest absolute Gasteiger partial charge is 0.339 e. The highest BCUT2D eigenvalue weighted by molar-refractivity contribution is 6.29. The number of nitro groups is 1. The minimum absolute atomic E-state index is 0.0504. The normalized spacial score (nSPS) is 9.85. The molecule has 0 aliphatic carbocycles. The van der Waals surface area contributed by atoms with E-state index in [1.54, 1.807) is 0 Å². The Bertz CT molecular complexity index is 730. The molecule has 0 saturated heterocycles. The number of halogens is 2. The van der Waals surface area contributed by atoms with E-state index in [-0.39, 0.29) is 27.9 Å². The summed E-state index contributed by atoms with van der Waals surface area (Å²) in [6.07, 6.45) is 0. The summed E-state index contributed by atoms with van der Waals surface area (Å²) in [6, 6.07) is 7.61. The summed E-state index contributed by atoms with van der Waals surface area (Å²) in [5.74, 6) is -0.468. The van der Waals surface area contributed by atoms with Gasteiger partial charge in [0.2, 0.25) is 0 Å². The fourth-order valence-corrected chi connectivity index (χ4v) is 1.71. The molecule has 2 rings (SSSR count). The molecule has 20 heavy (non-hydrogen) atoms. The second kappa shape index (κ2) is 5.50. The van der Waals surface area contributed by atoms with Crippen LogP contribution in [-0.2, 0) is 0 Å². The summed E-state index contributed by atoms with van der Waals surface area (Å²) >= 11 is 5.68. The molecule has 8 heteroatoms. The fraction of sp³-hybridized carbons (Fsp3) is 0. The van der Waals surface area contributed by atoms with E-state index in [2.05, 4.69) is 10.3 Å². The van der Waals surface area contributed by atoms with Crippen molar-refractivity contribution in [2.24, 2.45) is 0 Å². The van der Waals surface area contributed by atoms with Crippen molar-refractivity contribution in [2.45, 2.75) is 0 Å². The van der Waals surface area contributed by atoms with Crippen molar-refractivity contribution < 1.29 is 9.31 Å². The Morgan fingerprint density at radius 2 is 2.15 bits per heavy atom. The number of hydrogen-bond donors (Lipinski definition) is 1. The molecule has 0 bridgehead atoms. The Morgan fingerprint density at radius 1 is 1.40 bits per heavy atom. The van der Waals surface area contributed by atoms with Gasteiger partial charge >= 0.3 is 0 Å². The van der Waals surface area contributed by atoms with Crippen LogP contribution in [0.15, 0.2) is 30.3 Å². The number of hydrogen-bond acceptors (Lipinski definition) is 5. The molecule has 0 saturated carbocycles. The molecule has 100 valence electrons. The predicted octanol–water partition coefficient (Wildman–Crippen LogP) is 3.40. The van der Waals surface area contributed by atoms with Gasteiger partial charge < -0.3 is 5.32 Å². The van der Waals surface area contributed by atoms with Crippen molar-refractivity contribution in [3.63, 3.8) is 0 Å². The Kier molecular flexibility index (Phi) is 3.77. The smallest absolute Gasteiger partial charge is 0.276 e. The third-order valence-corrected chi connectivity index (χ3v) is 2.55. The Balaban J connectivity index is 2.40.